The van der Waals surface area contributed by atoms with Crippen LogP contribution in [0.2, 0.25) is 5.02 Å². The molecule has 0 atom stereocenters. The van der Waals surface area contributed by atoms with Gasteiger partial charge in [-0.05, 0) is 32.0 Å². The molecule has 0 bridgehead atoms. The predicted octanol–water partition coefficient (Wildman–Crippen LogP) is 2.72. The van der Waals surface area contributed by atoms with E-state index in [0.717, 1.165) is 0 Å². The SMILES string of the molecule is CCOC(=O)c1cc(C(C)=O)ccc1Cl. The Morgan fingerprint density at radius 2 is 2.07 bits per heavy atom. The van der Waals surface area contributed by atoms with E-state index in [9.17, 15) is 9.59 Å². The number of esters is 1. The minimum absolute atomic E-state index is 0.114. The van der Waals surface area contributed by atoms with Crippen molar-refractivity contribution in [3.63, 3.8) is 0 Å². The van der Waals surface area contributed by atoms with E-state index in [1.54, 1.807) is 13.0 Å². The molecule has 0 aliphatic heterocycles. The molecule has 15 heavy (non-hydrogen) atoms. The van der Waals surface area contributed by atoms with Crippen LogP contribution in [0.5, 0.6) is 0 Å². The Kier molecular flexibility index (Phi) is 3.86. The van der Waals surface area contributed by atoms with Crippen molar-refractivity contribution in [2.45, 2.75) is 13.8 Å². The van der Waals surface area contributed by atoms with E-state index in [1.807, 2.05) is 0 Å². The zero-order valence-corrected chi connectivity index (χ0v) is 9.30. The van der Waals surface area contributed by atoms with Crippen molar-refractivity contribution >= 4 is 23.4 Å². The van der Waals surface area contributed by atoms with Crippen LogP contribution in [-0.2, 0) is 4.74 Å². The lowest BCUT2D eigenvalue weighted by atomic mass is 10.1. The number of benzene rings is 1. The summed E-state index contributed by atoms with van der Waals surface area (Å²) in [5, 5.41) is 0.290. The van der Waals surface area contributed by atoms with Crippen molar-refractivity contribution < 1.29 is 14.3 Å². The van der Waals surface area contributed by atoms with Gasteiger partial charge in [0.15, 0.2) is 5.78 Å². The van der Waals surface area contributed by atoms with Crippen LogP contribution in [0.1, 0.15) is 34.6 Å². The smallest absolute Gasteiger partial charge is 0.339 e. The lowest BCUT2D eigenvalue weighted by Gasteiger charge is -2.05. The Labute approximate surface area is 93.0 Å². The molecule has 1 rings (SSSR count). The second-order valence-corrected chi connectivity index (χ2v) is 3.38. The Bertz CT molecular complexity index is 399. The van der Waals surface area contributed by atoms with Gasteiger partial charge >= 0.3 is 5.97 Å². The zero-order chi connectivity index (χ0) is 11.4. The first-order chi connectivity index (χ1) is 7.06. The standard InChI is InChI=1S/C11H11ClO3/c1-3-15-11(14)9-6-8(7(2)13)4-5-10(9)12/h4-6H,3H2,1-2H3. The van der Waals surface area contributed by atoms with Crippen LogP contribution < -0.4 is 0 Å². The minimum atomic E-state index is -0.509. The van der Waals surface area contributed by atoms with Gasteiger partial charge in [0, 0.05) is 5.56 Å². The molecule has 80 valence electrons. The number of halogens is 1. The first kappa shape index (κ1) is 11.7. The predicted molar refractivity (Wildman–Crippen MR) is 57.4 cm³/mol. The van der Waals surface area contributed by atoms with Gasteiger partial charge in [0.25, 0.3) is 0 Å². The third-order valence-electron chi connectivity index (χ3n) is 1.87. The van der Waals surface area contributed by atoms with Crippen molar-refractivity contribution in [2.75, 3.05) is 6.61 Å². The van der Waals surface area contributed by atoms with Crippen LogP contribution in [0.3, 0.4) is 0 Å². The van der Waals surface area contributed by atoms with Crippen LogP contribution in [0.15, 0.2) is 18.2 Å². The van der Waals surface area contributed by atoms with E-state index >= 15 is 0 Å². The number of ether oxygens (including phenoxy) is 1. The summed E-state index contributed by atoms with van der Waals surface area (Å²) in [6.07, 6.45) is 0. The molecular weight excluding hydrogens is 216 g/mol. The van der Waals surface area contributed by atoms with Crippen LogP contribution >= 0.6 is 11.6 Å². The summed E-state index contributed by atoms with van der Waals surface area (Å²) in [5.41, 5.74) is 0.675. The first-order valence-corrected chi connectivity index (χ1v) is 4.91. The number of Topliss-reactive ketones (excluding diaryl/α,β-unsaturated/α-hetero) is 1. The number of ketones is 1. The summed E-state index contributed by atoms with van der Waals surface area (Å²) in [6.45, 7) is 3.41. The van der Waals surface area contributed by atoms with Crippen molar-refractivity contribution in [1.29, 1.82) is 0 Å². The lowest BCUT2D eigenvalue weighted by Crippen LogP contribution is -2.06. The second kappa shape index (κ2) is 4.94. The summed E-state index contributed by atoms with van der Waals surface area (Å²) < 4.78 is 4.81. The molecule has 0 spiro atoms. The molecule has 0 heterocycles. The topological polar surface area (TPSA) is 43.4 Å². The Morgan fingerprint density at radius 3 is 2.60 bits per heavy atom. The summed E-state index contributed by atoms with van der Waals surface area (Å²) in [6, 6.07) is 4.54. The van der Waals surface area contributed by atoms with Crippen molar-refractivity contribution in [1.82, 2.24) is 0 Å². The monoisotopic (exact) mass is 226 g/mol. The largest absolute Gasteiger partial charge is 0.462 e. The van der Waals surface area contributed by atoms with Gasteiger partial charge < -0.3 is 4.74 Å². The fourth-order valence-electron chi connectivity index (χ4n) is 1.11. The number of hydrogen-bond donors (Lipinski definition) is 0. The number of carbonyl (C=O) groups excluding carboxylic acids is 2. The Hall–Kier alpha value is -1.35. The normalized spacial score (nSPS) is 9.80. The highest BCUT2D eigenvalue weighted by molar-refractivity contribution is 6.33. The minimum Gasteiger partial charge on any atom is -0.462 e. The Morgan fingerprint density at radius 1 is 1.40 bits per heavy atom. The van der Waals surface area contributed by atoms with Crippen LogP contribution in [-0.4, -0.2) is 18.4 Å². The highest BCUT2D eigenvalue weighted by Crippen LogP contribution is 2.19. The fourth-order valence-corrected chi connectivity index (χ4v) is 1.30. The average Bonchev–Trinajstić information content (AvgIpc) is 2.18. The summed E-state index contributed by atoms with van der Waals surface area (Å²) in [7, 11) is 0. The van der Waals surface area contributed by atoms with Gasteiger partial charge in [-0.3, -0.25) is 4.79 Å². The lowest BCUT2D eigenvalue weighted by molar-refractivity contribution is 0.0526. The number of carbonyl (C=O) groups is 2. The first-order valence-electron chi connectivity index (χ1n) is 4.54. The van der Waals surface area contributed by atoms with Crippen molar-refractivity contribution in [2.24, 2.45) is 0 Å². The maximum absolute atomic E-state index is 11.4. The quantitative estimate of drug-likeness (QED) is 0.588. The molecule has 0 saturated heterocycles. The van der Waals surface area contributed by atoms with Gasteiger partial charge in [-0.1, -0.05) is 11.6 Å². The van der Waals surface area contributed by atoms with E-state index in [-0.39, 0.29) is 18.0 Å². The van der Waals surface area contributed by atoms with Crippen molar-refractivity contribution in [3.8, 4) is 0 Å². The van der Waals surface area contributed by atoms with Gasteiger partial charge in [0.2, 0.25) is 0 Å². The van der Waals surface area contributed by atoms with Gasteiger partial charge in [-0.2, -0.15) is 0 Å². The average molecular weight is 227 g/mol. The molecule has 0 aliphatic carbocycles. The molecular formula is C11H11ClO3. The van der Waals surface area contributed by atoms with E-state index in [4.69, 9.17) is 16.3 Å². The highest BCUT2D eigenvalue weighted by atomic mass is 35.5. The molecule has 0 N–H and O–H groups in total. The summed E-state index contributed by atoms with van der Waals surface area (Å²) >= 11 is 5.82. The molecule has 0 aliphatic rings. The van der Waals surface area contributed by atoms with E-state index in [1.165, 1.54) is 19.1 Å². The highest BCUT2D eigenvalue weighted by Gasteiger charge is 2.13. The van der Waals surface area contributed by atoms with E-state index in [0.29, 0.717) is 10.6 Å². The summed E-state index contributed by atoms with van der Waals surface area (Å²) in [5.74, 6) is -0.622. The fraction of sp³-hybridized carbons (Fsp3) is 0.273. The van der Waals surface area contributed by atoms with Crippen LogP contribution in [0, 0.1) is 0 Å². The van der Waals surface area contributed by atoms with Crippen LogP contribution in [0.25, 0.3) is 0 Å². The molecule has 0 saturated carbocycles. The zero-order valence-electron chi connectivity index (χ0n) is 8.54. The second-order valence-electron chi connectivity index (χ2n) is 2.97. The molecule has 1 aromatic carbocycles. The van der Waals surface area contributed by atoms with Crippen molar-refractivity contribution in [3.05, 3.63) is 34.3 Å². The van der Waals surface area contributed by atoms with Gasteiger partial charge in [-0.15, -0.1) is 0 Å². The molecule has 0 unspecified atom stereocenters. The van der Waals surface area contributed by atoms with Gasteiger partial charge in [0.05, 0.1) is 17.2 Å². The molecule has 0 radical (unpaired) electrons. The van der Waals surface area contributed by atoms with E-state index in [2.05, 4.69) is 0 Å². The molecule has 0 amide bonds. The maximum atomic E-state index is 11.4. The molecule has 0 fully saturated rings. The Balaban J connectivity index is 3.10. The number of hydrogen-bond acceptors (Lipinski definition) is 3. The maximum Gasteiger partial charge on any atom is 0.339 e. The van der Waals surface area contributed by atoms with Crippen LogP contribution in [0.4, 0.5) is 0 Å². The van der Waals surface area contributed by atoms with Gasteiger partial charge in [-0.25, -0.2) is 4.79 Å². The third-order valence-corrected chi connectivity index (χ3v) is 2.20. The molecule has 0 aromatic heterocycles. The molecule has 1 aromatic rings. The van der Waals surface area contributed by atoms with E-state index < -0.39 is 5.97 Å². The van der Waals surface area contributed by atoms with Gasteiger partial charge in [0.1, 0.15) is 0 Å². The molecule has 4 heteroatoms. The third kappa shape index (κ3) is 2.80. The summed E-state index contributed by atoms with van der Waals surface area (Å²) in [4.78, 5) is 22.5. The number of rotatable bonds is 3. The molecule has 3 nitrogen and oxygen atoms in total.